The van der Waals surface area contributed by atoms with E-state index < -0.39 is 27.2 Å². The maximum atomic E-state index is 13.1. The summed E-state index contributed by atoms with van der Waals surface area (Å²) in [5.74, 6) is -2.32. The number of rotatable bonds is 6. The number of hydrogen-bond acceptors (Lipinski definition) is 3. The first-order chi connectivity index (χ1) is 8.74. The fraction of sp³-hybridized carbons (Fsp3) is 0.500. The second-order valence-electron chi connectivity index (χ2n) is 4.57. The second kappa shape index (κ2) is 5.94. The molecule has 1 unspecified atom stereocenters. The van der Waals surface area contributed by atoms with Crippen LogP contribution in [0, 0.1) is 11.6 Å². The highest BCUT2D eigenvalue weighted by Crippen LogP contribution is 2.20. The monoisotopic (exact) mass is 293 g/mol. The van der Waals surface area contributed by atoms with Crippen molar-refractivity contribution in [3.63, 3.8) is 0 Å². The normalized spacial score (nSPS) is 15.2. The van der Waals surface area contributed by atoms with Crippen molar-refractivity contribution >= 4 is 10.0 Å². The molecule has 4 nitrogen and oxygen atoms in total. The molecular formula is C12H17F2NO3S. The van der Waals surface area contributed by atoms with Gasteiger partial charge in [0, 0.05) is 12.1 Å². The topological polar surface area (TPSA) is 66.4 Å². The Kier molecular flexibility index (Phi) is 5.00. The molecular weight excluding hydrogens is 276 g/mol. The molecule has 0 heterocycles. The lowest BCUT2D eigenvalue weighted by atomic mass is 9.97. The summed E-state index contributed by atoms with van der Waals surface area (Å²) in [4.78, 5) is -0.344. The third kappa shape index (κ3) is 3.95. The average molecular weight is 293 g/mol. The molecule has 1 aromatic carbocycles. The highest BCUT2D eigenvalue weighted by Gasteiger charge is 2.29. The molecule has 0 aliphatic carbocycles. The molecule has 1 aromatic rings. The van der Waals surface area contributed by atoms with Crippen LogP contribution in [0.4, 0.5) is 8.78 Å². The van der Waals surface area contributed by atoms with Gasteiger partial charge in [-0.15, -0.1) is 0 Å². The van der Waals surface area contributed by atoms with Gasteiger partial charge in [0.15, 0.2) is 11.6 Å². The molecule has 108 valence electrons. The van der Waals surface area contributed by atoms with Crippen molar-refractivity contribution in [3.8, 4) is 0 Å². The Morgan fingerprint density at radius 1 is 1.32 bits per heavy atom. The maximum Gasteiger partial charge on any atom is 0.241 e. The number of sulfonamides is 1. The van der Waals surface area contributed by atoms with Crippen molar-refractivity contribution in [2.24, 2.45) is 0 Å². The number of halogens is 2. The maximum absolute atomic E-state index is 13.1. The molecule has 1 atom stereocenters. The smallest absolute Gasteiger partial charge is 0.241 e. The lowest BCUT2D eigenvalue weighted by Crippen LogP contribution is -2.46. The van der Waals surface area contributed by atoms with Crippen molar-refractivity contribution in [1.82, 2.24) is 4.72 Å². The quantitative estimate of drug-likeness (QED) is 0.840. The zero-order valence-electron chi connectivity index (χ0n) is 10.8. The molecule has 1 rings (SSSR count). The van der Waals surface area contributed by atoms with Crippen LogP contribution in [-0.4, -0.2) is 25.7 Å². The van der Waals surface area contributed by atoms with Gasteiger partial charge in [-0.2, -0.15) is 0 Å². The molecule has 0 saturated carbocycles. The van der Waals surface area contributed by atoms with Crippen LogP contribution in [0.1, 0.15) is 26.7 Å². The molecule has 0 saturated heterocycles. The predicted octanol–water partition coefficient (Wildman–Crippen LogP) is 1.79. The van der Waals surface area contributed by atoms with Crippen molar-refractivity contribution in [1.29, 1.82) is 0 Å². The summed E-state index contributed by atoms with van der Waals surface area (Å²) in [7, 11) is -3.96. The van der Waals surface area contributed by atoms with E-state index in [9.17, 15) is 17.2 Å². The van der Waals surface area contributed by atoms with Gasteiger partial charge in [-0.3, -0.25) is 0 Å². The van der Waals surface area contributed by atoms with Crippen LogP contribution in [-0.2, 0) is 10.0 Å². The highest BCUT2D eigenvalue weighted by molar-refractivity contribution is 7.89. The van der Waals surface area contributed by atoms with E-state index in [1.54, 1.807) is 13.8 Å². The fourth-order valence-corrected chi connectivity index (χ4v) is 3.09. The van der Waals surface area contributed by atoms with Crippen LogP contribution in [0.2, 0.25) is 0 Å². The zero-order chi connectivity index (χ0) is 14.7. The van der Waals surface area contributed by atoms with Crippen LogP contribution >= 0.6 is 0 Å². The lowest BCUT2D eigenvalue weighted by Gasteiger charge is -2.28. The van der Waals surface area contributed by atoms with Gasteiger partial charge in [0.1, 0.15) is 0 Å². The van der Waals surface area contributed by atoms with E-state index in [1.165, 1.54) is 0 Å². The van der Waals surface area contributed by atoms with Gasteiger partial charge in [0.2, 0.25) is 10.0 Å². The van der Waals surface area contributed by atoms with Crippen LogP contribution < -0.4 is 4.72 Å². The average Bonchev–Trinajstić information content (AvgIpc) is 2.32. The SMILES string of the molecule is CCC(C)(CCO)NS(=O)(=O)c1ccc(F)c(F)c1. The largest absolute Gasteiger partial charge is 0.396 e. The number of aliphatic hydroxyl groups is 1. The Hall–Kier alpha value is -1.05. The number of hydrogen-bond donors (Lipinski definition) is 2. The molecule has 7 heteroatoms. The first-order valence-electron chi connectivity index (χ1n) is 5.84. The van der Waals surface area contributed by atoms with Crippen LogP contribution in [0.25, 0.3) is 0 Å². The molecule has 0 bridgehead atoms. The standard InChI is InChI=1S/C12H17F2NO3S/c1-3-12(2,6-7-16)15-19(17,18)9-4-5-10(13)11(14)8-9/h4-5,8,15-16H,3,6-7H2,1-2H3. The Morgan fingerprint density at radius 2 is 1.95 bits per heavy atom. The number of benzene rings is 1. The molecule has 2 N–H and O–H groups in total. The Morgan fingerprint density at radius 3 is 2.42 bits per heavy atom. The van der Waals surface area contributed by atoms with Gasteiger partial charge in [-0.1, -0.05) is 6.92 Å². The van der Waals surface area contributed by atoms with E-state index in [1.807, 2.05) is 0 Å². The van der Waals surface area contributed by atoms with Crippen molar-refractivity contribution in [2.45, 2.75) is 37.1 Å². The van der Waals surface area contributed by atoms with Crippen LogP contribution in [0.3, 0.4) is 0 Å². The first kappa shape index (κ1) is 16.0. The van der Waals surface area contributed by atoms with E-state index >= 15 is 0 Å². The van der Waals surface area contributed by atoms with E-state index in [2.05, 4.69) is 4.72 Å². The minimum Gasteiger partial charge on any atom is -0.396 e. The van der Waals surface area contributed by atoms with Gasteiger partial charge in [-0.25, -0.2) is 21.9 Å². The molecule has 0 radical (unpaired) electrons. The first-order valence-corrected chi connectivity index (χ1v) is 7.32. The zero-order valence-corrected chi connectivity index (χ0v) is 11.6. The van der Waals surface area contributed by atoms with Crippen LogP contribution in [0.5, 0.6) is 0 Å². The van der Waals surface area contributed by atoms with E-state index in [0.29, 0.717) is 12.5 Å². The van der Waals surface area contributed by atoms with Gasteiger partial charge in [0.05, 0.1) is 4.90 Å². The summed E-state index contributed by atoms with van der Waals surface area (Å²) in [6.07, 6.45) is 0.683. The molecule has 0 aliphatic heterocycles. The van der Waals surface area contributed by atoms with Crippen LogP contribution in [0.15, 0.2) is 23.1 Å². The minimum absolute atomic E-state index is 0.176. The summed E-state index contributed by atoms with van der Waals surface area (Å²) in [5, 5.41) is 8.94. The van der Waals surface area contributed by atoms with E-state index in [4.69, 9.17) is 5.11 Å². The van der Waals surface area contributed by atoms with Crippen molar-refractivity contribution in [2.75, 3.05) is 6.61 Å². The van der Waals surface area contributed by atoms with E-state index in [-0.39, 0.29) is 17.9 Å². The molecule has 0 aromatic heterocycles. The Labute approximate surface area is 111 Å². The molecule has 0 fully saturated rings. The molecule has 0 aliphatic rings. The summed E-state index contributed by atoms with van der Waals surface area (Å²) < 4.78 is 52.4. The van der Waals surface area contributed by atoms with E-state index in [0.717, 1.165) is 12.1 Å². The minimum atomic E-state index is -3.96. The summed E-state index contributed by atoms with van der Waals surface area (Å²) >= 11 is 0. The third-order valence-electron chi connectivity index (χ3n) is 3.03. The predicted molar refractivity (Wildman–Crippen MR) is 67.1 cm³/mol. The number of nitrogens with one attached hydrogen (secondary N) is 1. The van der Waals surface area contributed by atoms with Gasteiger partial charge in [0.25, 0.3) is 0 Å². The fourth-order valence-electron chi connectivity index (χ4n) is 1.57. The van der Waals surface area contributed by atoms with Gasteiger partial charge in [-0.05, 0) is 38.0 Å². The molecule has 0 spiro atoms. The Bertz CT molecular complexity index is 548. The lowest BCUT2D eigenvalue weighted by molar-refractivity contribution is 0.233. The Balaban J connectivity index is 3.07. The van der Waals surface area contributed by atoms with Crippen molar-refractivity contribution < 1.29 is 22.3 Å². The summed E-state index contributed by atoms with van der Waals surface area (Å²) in [5.41, 5.74) is -0.835. The summed E-state index contributed by atoms with van der Waals surface area (Å²) in [6.45, 7) is 3.23. The molecule has 0 amide bonds. The summed E-state index contributed by atoms with van der Waals surface area (Å²) in [6, 6.07) is 2.39. The van der Waals surface area contributed by atoms with Crippen molar-refractivity contribution in [3.05, 3.63) is 29.8 Å². The third-order valence-corrected chi connectivity index (χ3v) is 4.66. The second-order valence-corrected chi connectivity index (χ2v) is 6.25. The van der Waals surface area contributed by atoms with Gasteiger partial charge >= 0.3 is 0 Å². The molecule has 19 heavy (non-hydrogen) atoms. The number of aliphatic hydroxyl groups excluding tert-OH is 1. The highest BCUT2D eigenvalue weighted by atomic mass is 32.2. The van der Waals surface area contributed by atoms with Gasteiger partial charge < -0.3 is 5.11 Å².